The third-order valence-corrected chi connectivity index (χ3v) is 8.06. The van der Waals surface area contributed by atoms with Crippen LogP contribution in [0.5, 0.6) is 0 Å². The summed E-state index contributed by atoms with van der Waals surface area (Å²) < 4.78 is 31.1. The van der Waals surface area contributed by atoms with Crippen LogP contribution in [0, 0.1) is 11.3 Å². The van der Waals surface area contributed by atoms with Crippen LogP contribution in [0.2, 0.25) is 0 Å². The normalized spacial score (nSPS) is 12.5. The number of pyridine rings is 1. The van der Waals surface area contributed by atoms with E-state index < -0.39 is 10.0 Å². The van der Waals surface area contributed by atoms with Gasteiger partial charge in [-0.1, -0.05) is 49.4 Å². The zero-order valence-corrected chi connectivity index (χ0v) is 21.8. The molecule has 0 aliphatic rings. The first kappa shape index (κ1) is 25.2. The number of nitrogens with two attached hydrogens (primary N) is 1. The zero-order valence-electron chi connectivity index (χ0n) is 21.0. The summed E-state index contributed by atoms with van der Waals surface area (Å²) in [5.41, 5.74) is 9.24. The lowest BCUT2D eigenvalue weighted by atomic mass is 9.92. The fourth-order valence-corrected chi connectivity index (χ4v) is 5.92. The molecule has 9 heteroatoms. The first-order valence-corrected chi connectivity index (χ1v) is 13.6. The van der Waals surface area contributed by atoms with Crippen molar-refractivity contribution in [1.82, 2.24) is 9.55 Å². The highest BCUT2D eigenvalue weighted by Crippen LogP contribution is 2.29. The number of nitrogens with one attached hydrogen (secondary N) is 2. The molecule has 0 saturated carbocycles. The zero-order chi connectivity index (χ0) is 27.0. The number of carbonyl (C=O) groups is 1. The molecule has 0 amide bonds. The maximum atomic E-state index is 13.5. The van der Waals surface area contributed by atoms with Crippen molar-refractivity contribution in [3.63, 3.8) is 0 Å². The highest BCUT2D eigenvalue weighted by Gasteiger charge is 2.22. The minimum Gasteiger partial charge on any atom is -0.384 e. The Balaban J connectivity index is 1.44. The predicted octanol–water partition coefficient (Wildman–Crippen LogP) is 4.87. The quantitative estimate of drug-likeness (QED) is 0.151. The number of ketones is 1. The smallest absolute Gasteiger partial charge is 0.264 e. The molecule has 5 rings (SSSR count). The molecule has 5 aromatic rings. The van der Waals surface area contributed by atoms with Crippen molar-refractivity contribution in [3.8, 4) is 0 Å². The molecule has 38 heavy (non-hydrogen) atoms. The van der Waals surface area contributed by atoms with E-state index in [1.54, 1.807) is 54.9 Å². The van der Waals surface area contributed by atoms with E-state index in [0.717, 1.165) is 16.5 Å². The molecule has 1 atom stereocenters. The van der Waals surface area contributed by atoms with Gasteiger partial charge in [-0.15, -0.1) is 0 Å². The van der Waals surface area contributed by atoms with Crippen LogP contribution in [0.4, 0.5) is 5.69 Å². The molecule has 0 spiro atoms. The molecule has 2 heterocycles. The number of benzene rings is 3. The minimum absolute atomic E-state index is 0.000396. The van der Waals surface area contributed by atoms with Crippen molar-refractivity contribution in [2.24, 2.45) is 18.7 Å². The van der Waals surface area contributed by atoms with E-state index in [4.69, 9.17) is 11.1 Å². The molecule has 8 nitrogen and oxygen atoms in total. The number of amidine groups is 1. The van der Waals surface area contributed by atoms with E-state index in [-0.39, 0.29) is 22.4 Å². The van der Waals surface area contributed by atoms with Crippen LogP contribution in [0.25, 0.3) is 21.8 Å². The van der Waals surface area contributed by atoms with Crippen molar-refractivity contribution in [1.29, 1.82) is 5.41 Å². The number of para-hydroxylation sites is 1. The maximum absolute atomic E-state index is 13.5. The average Bonchev–Trinajstić information content (AvgIpc) is 3.23. The number of sulfonamides is 1. The third-order valence-electron chi connectivity index (χ3n) is 6.65. The number of hydrogen-bond acceptors (Lipinski definition) is 5. The Hall–Kier alpha value is -4.50. The molecule has 1 unspecified atom stereocenters. The minimum atomic E-state index is -3.93. The van der Waals surface area contributed by atoms with Gasteiger partial charge in [0.1, 0.15) is 10.7 Å². The topological polar surface area (TPSA) is 131 Å². The van der Waals surface area contributed by atoms with Crippen molar-refractivity contribution in [2.75, 3.05) is 4.72 Å². The van der Waals surface area contributed by atoms with Gasteiger partial charge in [0.15, 0.2) is 5.78 Å². The SMILES string of the molecule is CC(Cc1ccc(C(=N)N)cc1)C(=O)c1cn(C)c2ccc(NS(=O)(=O)c3cccc4cccnc34)cc12. The second-order valence-electron chi connectivity index (χ2n) is 9.40. The molecule has 0 saturated heterocycles. The monoisotopic (exact) mass is 525 g/mol. The summed E-state index contributed by atoms with van der Waals surface area (Å²) in [6.07, 6.45) is 3.87. The Bertz CT molecular complexity index is 1800. The Morgan fingerprint density at radius 1 is 1.08 bits per heavy atom. The van der Waals surface area contributed by atoms with Crippen LogP contribution in [0.1, 0.15) is 28.4 Å². The fourth-order valence-electron chi connectivity index (χ4n) is 4.69. The summed E-state index contributed by atoms with van der Waals surface area (Å²) in [5.74, 6) is -0.352. The number of carbonyl (C=O) groups excluding carboxylic acids is 1. The van der Waals surface area contributed by atoms with Crippen LogP contribution in [-0.4, -0.2) is 29.6 Å². The first-order chi connectivity index (χ1) is 18.1. The summed E-state index contributed by atoms with van der Waals surface area (Å²) in [6, 6.07) is 21.1. The van der Waals surface area contributed by atoms with E-state index >= 15 is 0 Å². The van der Waals surface area contributed by atoms with Gasteiger partial charge in [0, 0.05) is 58.5 Å². The van der Waals surface area contributed by atoms with Gasteiger partial charge in [0.2, 0.25) is 0 Å². The second kappa shape index (κ2) is 9.75. The van der Waals surface area contributed by atoms with Gasteiger partial charge in [-0.05, 0) is 42.3 Å². The van der Waals surface area contributed by atoms with Crippen LogP contribution in [-0.2, 0) is 23.5 Å². The number of Topliss-reactive ketones (excluding diaryl/α,β-unsaturated/α-hetero) is 1. The standard InChI is InChI=1S/C29H27N5O3S/c1-18(15-19-8-10-21(11-9-19)29(30)31)28(35)24-17-34(2)25-13-12-22(16-23(24)25)33-38(36,37)26-7-3-5-20-6-4-14-32-27(20)26/h3-14,16-18,33H,15H2,1-2H3,(H3,30,31). The molecule has 0 aliphatic heterocycles. The number of fused-ring (bicyclic) bond motifs is 2. The van der Waals surface area contributed by atoms with Crippen LogP contribution < -0.4 is 10.5 Å². The summed E-state index contributed by atoms with van der Waals surface area (Å²) in [6.45, 7) is 1.88. The molecule has 4 N–H and O–H groups in total. The lowest BCUT2D eigenvalue weighted by Crippen LogP contribution is -2.15. The summed E-state index contributed by atoms with van der Waals surface area (Å²) >= 11 is 0. The largest absolute Gasteiger partial charge is 0.384 e. The van der Waals surface area contributed by atoms with E-state index in [1.165, 1.54) is 6.07 Å². The predicted molar refractivity (Wildman–Crippen MR) is 150 cm³/mol. The first-order valence-electron chi connectivity index (χ1n) is 12.1. The van der Waals surface area contributed by atoms with Gasteiger partial charge in [-0.2, -0.15) is 0 Å². The fraction of sp³-hybridized carbons (Fsp3) is 0.138. The highest BCUT2D eigenvalue weighted by atomic mass is 32.2. The Labute approximate surface area is 220 Å². The van der Waals surface area contributed by atoms with E-state index in [9.17, 15) is 13.2 Å². The summed E-state index contributed by atoms with van der Waals surface area (Å²) in [7, 11) is -2.07. The maximum Gasteiger partial charge on any atom is 0.264 e. The van der Waals surface area contributed by atoms with Crippen molar-refractivity contribution < 1.29 is 13.2 Å². The lowest BCUT2D eigenvalue weighted by Gasteiger charge is -2.12. The number of aryl methyl sites for hydroxylation is 1. The van der Waals surface area contributed by atoms with E-state index in [0.29, 0.717) is 34.1 Å². The molecule has 0 aliphatic carbocycles. The van der Waals surface area contributed by atoms with Crippen molar-refractivity contribution in [3.05, 3.63) is 102 Å². The van der Waals surface area contributed by atoms with Gasteiger partial charge in [0.25, 0.3) is 10.0 Å². The van der Waals surface area contributed by atoms with Crippen molar-refractivity contribution in [2.45, 2.75) is 18.2 Å². The van der Waals surface area contributed by atoms with E-state index in [2.05, 4.69) is 9.71 Å². The molecule has 192 valence electrons. The molecule has 0 fully saturated rings. The highest BCUT2D eigenvalue weighted by molar-refractivity contribution is 7.93. The second-order valence-corrected chi connectivity index (χ2v) is 11.1. The number of nitrogen functional groups attached to an aromatic ring is 1. The molecule has 0 bridgehead atoms. The molecular weight excluding hydrogens is 498 g/mol. The van der Waals surface area contributed by atoms with Gasteiger partial charge >= 0.3 is 0 Å². The molecular formula is C29H27N5O3S. The molecule has 3 aromatic carbocycles. The Kier molecular flexibility index (Phi) is 6.46. The van der Waals surface area contributed by atoms with Crippen molar-refractivity contribution >= 4 is 49.1 Å². The van der Waals surface area contributed by atoms with Gasteiger partial charge in [0.05, 0.1) is 5.52 Å². The van der Waals surface area contributed by atoms with Crippen LogP contribution >= 0.6 is 0 Å². The van der Waals surface area contributed by atoms with Crippen LogP contribution in [0.15, 0.2) is 90.1 Å². The summed E-state index contributed by atoms with van der Waals surface area (Å²) in [4.78, 5) is 17.9. The number of nitrogens with zero attached hydrogens (tertiary/aromatic N) is 2. The number of rotatable bonds is 8. The van der Waals surface area contributed by atoms with Gasteiger partial charge in [-0.25, -0.2) is 8.42 Å². The summed E-state index contributed by atoms with van der Waals surface area (Å²) in [5, 5.41) is 8.94. The lowest BCUT2D eigenvalue weighted by molar-refractivity contribution is 0.0931. The molecule has 0 radical (unpaired) electrons. The Morgan fingerprint density at radius 2 is 1.82 bits per heavy atom. The number of hydrogen-bond donors (Lipinski definition) is 3. The average molecular weight is 526 g/mol. The van der Waals surface area contributed by atoms with Crippen LogP contribution in [0.3, 0.4) is 0 Å². The number of aromatic nitrogens is 2. The van der Waals surface area contributed by atoms with E-state index in [1.807, 2.05) is 42.8 Å². The van der Waals surface area contributed by atoms with Gasteiger partial charge in [-0.3, -0.25) is 19.9 Å². The Morgan fingerprint density at radius 3 is 2.55 bits per heavy atom. The third kappa shape index (κ3) is 4.76. The number of anilines is 1. The van der Waals surface area contributed by atoms with Gasteiger partial charge < -0.3 is 10.3 Å². The molecule has 2 aromatic heterocycles.